The molecule has 1 saturated heterocycles. The van der Waals surface area contributed by atoms with E-state index in [9.17, 15) is 9.90 Å². The first-order valence-electron chi connectivity index (χ1n) is 7.63. The van der Waals surface area contributed by atoms with Crippen LogP contribution in [0.25, 0.3) is 0 Å². The molecular weight excluding hydrogens is 284 g/mol. The number of aromatic nitrogens is 2. The summed E-state index contributed by atoms with van der Waals surface area (Å²) in [6.45, 7) is 3.98. The molecule has 2 rings (SSSR count). The minimum atomic E-state index is -0.817. The van der Waals surface area contributed by atoms with E-state index in [0.29, 0.717) is 12.4 Å². The maximum atomic E-state index is 11.0. The number of anilines is 2. The summed E-state index contributed by atoms with van der Waals surface area (Å²) in [6, 6.07) is 1.88. The summed E-state index contributed by atoms with van der Waals surface area (Å²) < 4.78 is 0. The highest BCUT2D eigenvalue weighted by atomic mass is 16.4. The fourth-order valence-corrected chi connectivity index (χ4v) is 2.72. The smallest absolute Gasteiger partial charge is 0.308 e. The van der Waals surface area contributed by atoms with Crippen LogP contribution in [0.1, 0.15) is 19.8 Å². The van der Waals surface area contributed by atoms with E-state index < -0.39 is 11.9 Å². The maximum absolute atomic E-state index is 11.0. The lowest BCUT2D eigenvalue weighted by Gasteiger charge is -2.33. The zero-order valence-corrected chi connectivity index (χ0v) is 13.1. The Morgan fingerprint density at radius 2 is 2.32 bits per heavy atom. The van der Waals surface area contributed by atoms with Gasteiger partial charge in [0.1, 0.15) is 18.0 Å². The molecule has 2 heterocycles. The highest BCUT2D eigenvalue weighted by molar-refractivity contribution is 5.70. The minimum absolute atomic E-state index is 0.199. The van der Waals surface area contributed by atoms with E-state index in [-0.39, 0.29) is 12.5 Å². The summed E-state index contributed by atoms with van der Waals surface area (Å²) in [5, 5.41) is 18.3. The van der Waals surface area contributed by atoms with Crippen LogP contribution in [0.15, 0.2) is 12.4 Å². The fourth-order valence-electron chi connectivity index (χ4n) is 2.72. The van der Waals surface area contributed by atoms with Crippen molar-refractivity contribution in [2.45, 2.75) is 19.8 Å². The molecule has 0 amide bonds. The second kappa shape index (κ2) is 7.40. The van der Waals surface area contributed by atoms with Crippen LogP contribution in [0.4, 0.5) is 11.6 Å². The summed E-state index contributed by atoms with van der Waals surface area (Å²) >= 11 is 0. The van der Waals surface area contributed by atoms with Gasteiger partial charge in [0.25, 0.3) is 0 Å². The van der Waals surface area contributed by atoms with Gasteiger partial charge in [-0.25, -0.2) is 9.97 Å². The van der Waals surface area contributed by atoms with Crippen molar-refractivity contribution in [3.05, 3.63) is 12.4 Å². The predicted molar refractivity (Wildman–Crippen MR) is 84.1 cm³/mol. The average molecular weight is 308 g/mol. The van der Waals surface area contributed by atoms with E-state index in [1.54, 1.807) is 6.92 Å². The number of carbonyl (C=O) groups is 1. The quantitative estimate of drug-likeness (QED) is 0.805. The Balaban J connectivity index is 2.07. The molecule has 22 heavy (non-hydrogen) atoms. The summed E-state index contributed by atoms with van der Waals surface area (Å²) in [7, 11) is 1.83. The first-order valence-corrected chi connectivity index (χ1v) is 7.63. The van der Waals surface area contributed by atoms with E-state index in [1.807, 2.05) is 18.0 Å². The zero-order valence-electron chi connectivity index (χ0n) is 13.1. The second-order valence-electron chi connectivity index (χ2n) is 5.99. The number of rotatable bonds is 6. The third kappa shape index (κ3) is 4.07. The number of hydrogen-bond donors (Lipinski definition) is 2. The standard InChI is InChI=1S/C15H24N4O3/c1-11(15(21)22)7-18(2)13-6-14(17-10-16-13)19-5-3-4-12(8-19)9-20/h6,10-12,20H,3-5,7-9H2,1-2H3,(H,21,22). The Hall–Kier alpha value is -1.89. The van der Waals surface area contributed by atoms with Crippen LogP contribution >= 0.6 is 0 Å². The van der Waals surface area contributed by atoms with E-state index in [1.165, 1.54) is 6.33 Å². The maximum Gasteiger partial charge on any atom is 0.308 e. The molecule has 1 aliphatic heterocycles. The Kier molecular flexibility index (Phi) is 5.54. The van der Waals surface area contributed by atoms with Crippen LogP contribution < -0.4 is 9.80 Å². The van der Waals surface area contributed by atoms with Crippen LogP contribution in [-0.4, -0.2) is 59.4 Å². The summed E-state index contributed by atoms with van der Waals surface area (Å²) in [5.41, 5.74) is 0. The van der Waals surface area contributed by atoms with Crippen molar-refractivity contribution in [3.8, 4) is 0 Å². The number of carboxylic acid groups (broad SMARTS) is 1. The highest BCUT2D eigenvalue weighted by Crippen LogP contribution is 2.23. The van der Waals surface area contributed by atoms with Crippen molar-refractivity contribution >= 4 is 17.6 Å². The monoisotopic (exact) mass is 308 g/mol. The van der Waals surface area contributed by atoms with Crippen LogP contribution in [0.5, 0.6) is 0 Å². The molecule has 0 radical (unpaired) electrons. The molecular formula is C15H24N4O3. The van der Waals surface area contributed by atoms with Gasteiger partial charge in [0.2, 0.25) is 0 Å². The van der Waals surface area contributed by atoms with E-state index in [0.717, 1.165) is 31.7 Å². The Bertz CT molecular complexity index is 511. The van der Waals surface area contributed by atoms with Gasteiger partial charge < -0.3 is 20.0 Å². The molecule has 1 aromatic rings. The van der Waals surface area contributed by atoms with Gasteiger partial charge in [-0.3, -0.25) is 4.79 Å². The number of aliphatic hydroxyl groups is 1. The molecule has 7 heteroatoms. The lowest BCUT2D eigenvalue weighted by Crippen LogP contribution is -2.37. The van der Waals surface area contributed by atoms with Crippen molar-refractivity contribution in [1.29, 1.82) is 0 Å². The number of aliphatic carboxylic acids is 1. The minimum Gasteiger partial charge on any atom is -0.481 e. The third-order valence-corrected chi connectivity index (χ3v) is 4.10. The van der Waals surface area contributed by atoms with Crippen molar-refractivity contribution in [1.82, 2.24) is 9.97 Å². The van der Waals surface area contributed by atoms with Crippen molar-refractivity contribution in [2.24, 2.45) is 11.8 Å². The Labute approximate surface area is 130 Å². The number of nitrogens with zero attached hydrogens (tertiary/aromatic N) is 4. The molecule has 0 bridgehead atoms. The van der Waals surface area contributed by atoms with Crippen molar-refractivity contribution in [3.63, 3.8) is 0 Å². The topological polar surface area (TPSA) is 89.8 Å². The van der Waals surface area contributed by atoms with Crippen LogP contribution in [0.2, 0.25) is 0 Å². The molecule has 0 aromatic carbocycles. The number of piperidine rings is 1. The number of aliphatic hydroxyl groups excluding tert-OH is 1. The van der Waals surface area contributed by atoms with Gasteiger partial charge in [0, 0.05) is 39.4 Å². The molecule has 1 aliphatic rings. The van der Waals surface area contributed by atoms with Gasteiger partial charge in [-0.15, -0.1) is 0 Å². The van der Waals surface area contributed by atoms with Gasteiger partial charge in [-0.2, -0.15) is 0 Å². The normalized spacial score (nSPS) is 19.8. The average Bonchev–Trinajstić information content (AvgIpc) is 2.54. The van der Waals surface area contributed by atoms with E-state index in [4.69, 9.17) is 5.11 Å². The first kappa shape index (κ1) is 16.5. The lowest BCUT2D eigenvalue weighted by atomic mass is 9.99. The molecule has 1 aromatic heterocycles. The van der Waals surface area contributed by atoms with Gasteiger partial charge in [-0.05, 0) is 18.8 Å². The molecule has 2 N–H and O–H groups in total. The number of carboxylic acids is 1. The molecule has 0 spiro atoms. The van der Waals surface area contributed by atoms with Gasteiger partial charge in [-0.1, -0.05) is 6.92 Å². The van der Waals surface area contributed by atoms with Crippen molar-refractivity contribution in [2.75, 3.05) is 43.1 Å². The van der Waals surface area contributed by atoms with Gasteiger partial charge >= 0.3 is 5.97 Å². The SMILES string of the molecule is CC(CN(C)c1cc(N2CCCC(CO)C2)ncn1)C(=O)O. The Morgan fingerprint density at radius 1 is 1.55 bits per heavy atom. The summed E-state index contributed by atoms with van der Waals surface area (Å²) in [6.07, 6.45) is 3.59. The first-order chi connectivity index (χ1) is 10.5. The second-order valence-corrected chi connectivity index (χ2v) is 5.99. The zero-order chi connectivity index (χ0) is 16.1. The van der Waals surface area contributed by atoms with E-state index in [2.05, 4.69) is 14.9 Å². The largest absolute Gasteiger partial charge is 0.481 e. The number of hydrogen-bond acceptors (Lipinski definition) is 6. The van der Waals surface area contributed by atoms with Gasteiger partial charge in [0.05, 0.1) is 5.92 Å². The van der Waals surface area contributed by atoms with Crippen LogP contribution in [0, 0.1) is 11.8 Å². The molecule has 1 fully saturated rings. The molecule has 2 unspecified atom stereocenters. The predicted octanol–water partition coefficient (Wildman–Crippen LogP) is 0.842. The third-order valence-electron chi connectivity index (χ3n) is 4.10. The lowest BCUT2D eigenvalue weighted by molar-refractivity contribution is -0.140. The Morgan fingerprint density at radius 3 is 3.00 bits per heavy atom. The molecule has 122 valence electrons. The van der Waals surface area contributed by atoms with Crippen LogP contribution in [-0.2, 0) is 4.79 Å². The molecule has 0 aliphatic carbocycles. The highest BCUT2D eigenvalue weighted by Gasteiger charge is 2.21. The summed E-state index contributed by atoms with van der Waals surface area (Å²) in [5.74, 6) is 0.555. The molecule has 2 atom stereocenters. The molecule has 0 saturated carbocycles. The van der Waals surface area contributed by atoms with Crippen molar-refractivity contribution < 1.29 is 15.0 Å². The fraction of sp³-hybridized carbons (Fsp3) is 0.667. The van der Waals surface area contributed by atoms with Crippen LogP contribution in [0.3, 0.4) is 0 Å². The molecule has 7 nitrogen and oxygen atoms in total. The van der Waals surface area contributed by atoms with E-state index >= 15 is 0 Å². The van der Waals surface area contributed by atoms with Gasteiger partial charge in [0.15, 0.2) is 0 Å². The summed E-state index contributed by atoms with van der Waals surface area (Å²) in [4.78, 5) is 23.5.